The number of hydrogen-bond acceptors (Lipinski definition) is 4. The Morgan fingerprint density at radius 1 is 1.09 bits per heavy atom. The Balaban J connectivity index is 1.86. The summed E-state index contributed by atoms with van der Waals surface area (Å²) in [5.74, 6) is -0.881. The van der Waals surface area contributed by atoms with E-state index in [0.29, 0.717) is 18.4 Å². The van der Waals surface area contributed by atoms with Gasteiger partial charge in [0.1, 0.15) is 11.2 Å². The summed E-state index contributed by atoms with van der Waals surface area (Å²) >= 11 is 0. The van der Waals surface area contributed by atoms with Gasteiger partial charge in [-0.2, -0.15) is 0 Å². The number of carbonyl (C=O) groups is 2. The Labute approximate surface area is 128 Å². The summed E-state index contributed by atoms with van der Waals surface area (Å²) in [5.41, 5.74) is 6.14. The van der Waals surface area contributed by atoms with Gasteiger partial charge in [0.2, 0.25) is 5.91 Å². The molecular weight excluding hydrogens is 280 g/mol. The van der Waals surface area contributed by atoms with Gasteiger partial charge in [-0.25, -0.2) is 4.98 Å². The van der Waals surface area contributed by atoms with Gasteiger partial charge in [0, 0.05) is 0 Å². The molecule has 1 aliphatic rings. The van der Waals surface area contributed by atoms with Gasteiger partial charge in [-0.15, -0.1) is 0 Å². The van der Waals surface area contributed by atoms with E-state index in [9.17, 15) is 9.59 Å². The second-order valence-corrected chi connectivity index (χ2v) is 5.71. The van der Waals surface area contributed by atoms with Crippen molar-refractivity contribution in [3.05, 3.63) is 36.2 Å². The van der Waals surface area contributed by atoms with Crippen molar-refractivity contribution in [2.24, 2.45) is 5.73 Å². The van der Waals surface area contributed by atoms with Crippen molar-refractivity contribution >= 4 is 22.8 Å². The maximum Gasteiger partial charge on any atom is 0.272 e. The van der Waals surface area contributed by atoms with E-state index in [-0.39, 0.29) is 5.69 Å². The molecule has 6 heteroatoms. The molecule has 0 saturated heterocycles. The Hall–Kier alpha value is -2.50. The highest BCUT2D eigenvalue weighted by atomic mass is 16.2. The highest BCUT2D eigenvalue weighted by Crippen LogP contribution is 2.28. The third kappa shape index (κ3) is 2.64. The number of primary amides is 1. The number of rotatable bonds is 3. The minimum Gasteiger partial charge on any atom is -0.368 e. The van der Waals surface area contributed by atoms with Crippen LogP contribution in [0.1, 0.15) is 42.6 Å². The van der Waals surface area contributed by atoms with Crippen LogP contribution >= 0.6 is 0 Å². The molecular formula is C16H18N4O2. The Bertz CT molecular complexity index is 723. The summed E-state index contributed by atoms with van der Waals surface area (Å²) in [7, 11) is 0. The van der Waals surface area contributed by atoms with Crippen LogP contribution in [-0.2, 0) is 4.79 Å². The van der Waals surface area contributed by atoms with Crippen molar-refractivity contribution in [3.63, 3.8) is 0 Å². The van der Waals surface area contributed by atoms with Crippen LogP contribution in [0.5, 0.6) is 0 Å². The number of aromatic nitrogens is 2. The molecule has 0 unspecified atom stereocenters. The zero-order valence-electron chi connectivity index (χ0n) is 12.2. The molecule has 6 nitrogen and oxygen atoms in total. The number of hydrogen-bond donors (Lipinski definition) is 2. The highest BCUT2D eigenvalue weighted by Gasteiger charge is 2.39. The van der Waals surface area contributed by atoms with Crippen LogP contribution < -0.4 is 11.1 Å². The summed E-state index contributed by atoms with van der Waals surface area (Å²) in [6, 6.07) is 7.32. The first-order valence-electron chi connectivity index (χ1n) is 7.45. The quantitative estimate of drug-likeness (QED) is 0.898. The van der Waals surface area contributed by atoms with Crippen LogP contribution in [0.15, 0.2) is 30.5 Å². The number of nitrogens with zero attached hydrogens (tertiary/aromatic N) is 2. The number of amides is 2. The Kier molecular flexibility index (Phi) is 3.75. The van der Waals surface area contributed by atoms with E-state index < -0.39 is 17.4 Å². The fourth-order valence-corrected chi connectivity index (χ4v) is 2.94. The summed E-state index contributed by atoms with van der Waals surface area (Å²) in [6.07, 6.45) is 5.40. The molecule has 22 heavy (non-hydrogen) atoms. The normalized spacial score (nSPS) is 17.1. The second-order valence-electron chi connectivity index (χ2n) is 5.71. The third-order valence-corrected chi connectivity index (χ3v) is 4.21. The molecule has 3 N–H and O–H groups in total. The zero-order valence-corrected chi connectivity index (χ0v) is 12.2. The van der Waals surface area contributed by atoms with E-state index in [1.807, 2.05) is 18.2 Å². The minimum atomic E-state index is -0.956. The summed E-state index contributed by atoms with van der Waals surface area (Å²) < 4.78 is 0. The van der Waals surface area contributed by atoms with E-state index in [0.717, 1.165) is 24.8 Å². The maximum atomic E-state index is 12.4. The van der Waals surface area contributed by atoms with Crippen LogP contribution in [0.25, 0.3) is 11.0 Å². The second kappa shape index (κ2) is 5.71. The third-order valence-electron chi connectivity index (χ3n) is 4.21. The first-order chi connectivity index (χ1) is 10.6. The van der Waals surface area contributed by atoms with E-state index in [2.05, 4.69) is 15.3 Å². The van der Waals surface area contributed by atoms with E-state index >= 15 is 0 Å². The van der Waals surface area contributed by atoms with Gasteiger partial charge in [-0.3, -0.25) is 14.6 Å². The van der Waals surface area contributed by atoms with E-state index in [1.54, 1.807) is 6.07 Å². The summed E-state index contributed by atoms with van der Waals surface area (Å²) in [6.45, 7) is 0. The van der Waals surface area contributed by atoms with E-state index in [1.165, 1.54) is 6.20 Å². The van der Waals surface area contributed by atoms with Gasteiger partial charge in [0.05, 0.1) is 17.2 Å². The average molecular weight is 298 g/mol. The zero-order chi connectivity index (χ0) is 15.6. The van der Waals surface area contributed by atoms with Gasteiger partial charge in [0.15, 0.2) is 0 Å². The van der Waals surface area contributed by atoms with Gasteiger partial charge >= 0.3 is 0 Å². The molecule has 1 aliphatic carbocycles. The summed E-state index contributed by atoms with van der Waals surface area (Å²) in [4.78, 5) is 32.8. The largest absolute Gasteiger partial charge is 0.368 e. The van der Waals surface area contributed by atoms with Crippen molar-refractivity contribution in [2.45, 2.75) is 37.6 Å². The molecule has 1 aromatic heterocycles. The average Bonchev–Trinajstić information content (AvgIpc) is 2.55. The summed E-state index contributed by atoms with van der Waals surface area (Å²) in [5, 5.41) is 2.80. The van der Waals surface area contributed by atoms with Crippen LogP contribution in [0.2, 0.25) is 0 Å². The fourth-order valence-electron chi connectivity index (χ4n) is 2.94. The van der Waals surface area contributed by atoms with Gasteiger partial charge < -0.3 is 11.1 Å². The molecule has 2 aromatic rings. The molecule has 1 heterocycles. The number of carbonyl (C=O) groups excluding carboxylic acids is 2. The standard InChI is InChI=1S/C16H18N4O2/c17-15(22)16(8-4-1-5-9-16)20-14(21)13-10-18-11-6-2-3-7-12(11)19-13/h2-3,6-7,10H,1,4-5,8-9H2,(H2,17,22)(H,20,21). The van der Waals surface area contributed by atoms with Gasteiger partial charge in [0.25, 0.3) is 5.91 Å². The SMILES string of the molecule is NC(=O)C1(NC(=O)c2cnc3ccccc3n2)CCCCC1. The lowest BCUT2D eigenvalue weighted by molar-refractivity contribution is -0.125. The van der Waals surface area contributed by atoms with Crippen LogP contribution in [0.4, 0.5) is 0 Å². The smallest absolute Gasteiger partial charge is 0.272 e. The minimum absolute atomic E-state index is 0.199. The topological polar surface area (TPSA) is 98.0 Å². The molecule has 1 aromatic carbocycles. The van der Waals surface area contributed by atoms with Crippen molar-refractivity contribution in [1.82, 2.24) is 15.3 Å². The van der Waals surface area contributed by atoms with Crippen molar-refractivity contribution in [2.75, 3.05) is 0 Å². The number of benzene rings is 1. The molecule has 0 spiro atoms. The fraction of sp³-hybridized carbons (Fsp3) is 0.375. The number of nitrogens with two attached hydrogens (primary N) is 1. The molecule has 0 aliphatic heterocycles. The Morgan fingerprint density at radius 3 is 2.45 bits per heavy atom. The molecule has 3 rings (SSSR count). The molecule has 114 valence electrons. The first-order valence-corrected chi connectivity index (χ1v) is 7.45. The molecule has 0 atom stereocenters. The molecule has 1 saturated carbocycles. The first kappa shape index (κ1) is 14.4. The van der Waals surface area contributed by atoms with Crippen molar-refractivity contribution in [3.8, 4) is 0 Å². The molecule has 0 bridgehead atoms. The van der Waals surface area contributed by atoms with Crippen LogP contribution in [-0.4, -0.2) is 27.3 Å². The predicted octanol–water partition coefficient (Wildman–Crippen LogP) is 1.55. The van der Waals surface area contributed by atoms with E-state index in [4.69, 9.17) is 5.73 Å². The van der Waals surface area contributed by atoms with Crippen LogP contribution in [0, 0.1) is 0 Å². The molecule has 2 amide bonds. The lowest BCUT2D eigenvalue weighted by Crippen LogP contribution is -2.58. The number of para-hydroxylation sites is 2. The number of fused-ring (bicyclic) bond motifs is 1. The monoisotopic (exact) mass is 298 g/mol. The molecule has 0 radical (unpaired) electrons. The number of nitrogens with one attached hydrogen (secondary N) is 1. The maximum absolute atomic E-state index is 12.4. The highest BCUT2D eigenvalue weighted by molar-refractivity contribution is 5.98. The van der Waals surface area contributed by atoms with Crippen molar-refractivity contribution < 1.29 is 9.59 Å². The molecule has 1 fully saturated rings. The predicted molar refractivity (Wildman–Crippen MR) is 82.0 cm³/mol. The van der Waals surface area contributed by atoms with Crippen LogP contribution in [0.3, 0.4) is 0 Å². The lowest BCUT2D eigenvalue weighted by atomic mass is 9.81. The van der Waals surface area contributed by atoms with Crippen molar-refractivity contribution in [1.29, 1.82) is 0 Å². The Morgan fingerprint density at radius 2 is 1.77 bits per heavy atom. The van der Waals surface area contributed by atoms with Gasteiger partial charge in [-0.1, -0.05) is 31.4 Å². The lowest BCUT2D eigenvalue weighted by Gasteiger charge is -2.34. The van der Waals surface area contributed by atoms with Gasteiger partial charge in [-0.05, 0) is 25.0 Å².